The van der Waals surface area contributed by atoms with Gasteiger partial charge in [0.05, 0.1) is 5.60 Å². The van der Waals surface area contributed by atoms with Crippen molar-refractivity contribution in [3.05, 3.63) is 0 Å². The van der Waals surface area contributed by atoms with Gasteiger partial charge in [0, 0.05) is 0 Å². The zero-order valence-corrected chi connectivity index (χ0v) is 8.93. The standard InChI is InChI=1S/C13H20O/c1-4-8-12(9-5-1)13(14-12)10-6-2-3-7-11(10)13/h10-11H,1-9H2. The monoisotopic (exact) mass is 192 g/mol. The third-order valence-electron chi connectivity index (χ3n) is 5.45. The van der Waals surface area contributed by atoms with Gasteiger partial charge in [0.1, 0.15) is 5.60 Å². The third-order valence-corrected chi connectivity index (χ3v) is 5.45. The molecule has 1 nitrogen and oxygen atoms in total. The molecule has 0 radical (unpaired) electrons. The van der Waals surface area contributed by atoms with Crippen molar-refractivity contribution in [3.8, 4) is 0 Å². The molecule has 3 saturated carbocycles. The molecule has 1 saturated heterocycles. The first kappa shape index (κ1) is 8.15. The molecule has 4 aliphatic rings. The van der Waals surface area contributed by atoms with Crippen LogP contribution in [0, 0.1) is 11.8 Å². The van der Waals surface area contributed by atoms with Crippen molar-refractivity contribution >= 4 is 0 Å². The van der Waals surface area contributed by atoms with Crippen LogP contribution >= 0.6 is 0 Å². The van der Waals surface area contributed by atoms with Gasteiger partial charge in [-0.05, 0) is 37.5 Å². The summed E-state index contributed by atoms with van der Waals surface area (Å²) in [4.78, 5) is 0. The highest BCUT2D eigenvalue weighted by Crippen LogP contribution is 2.79. The predicted octanol–water partition coefficient (Wildman–Crippen LogP) is 3.28. The van der Waals surface area contributed by atoms with Crippen LogP contribution < -0.4 is 0 Å². The van der Waals surface area contributed by atoms with Crippen LogP contribution in [0.4, 0.5) is 0 Å². The van der Waals surface area contributed by atoms with Gasteiger partial charge in [-0.15, -0.1) is 0 Å². The van der Waals surface area contributed by atoms with Crippen molar-refractivity contribution in [3.63, 3.8) is 0 Å². The second kappa shape index (κ2) is 2.37. The summed E-state index contributed by atoms with van der Waals surface area (Å²) < 4.78 is 6.29. The molecule has 0 aromatic carbocycles. The Morgan fingerprint density at radius 2 is 1.43 bits per heavy atom. The Bertz CT molecular complexity index is 252. The summed E-state index contributed by atoms with van der Waals surface area (Å²) in [6, 6.07) is 0. The van der Waals surface area contributed by atoms with E-state index in [0.29, 0.717) is 11.2 Å². The average molecular weight is 192 g/mol. The summed E-state index contributed by atoms with van der Waals surface area (Å²) in [7, 11) is 0. The van der Waals surface area contributed by atoms with Crippen LogP contribution in [0.3, 0.4) is 0 Å². The van der Waals surface area contributed by atoms with E-state index < -0.39 is 0 Å². The maximum Gasteiger partial charge on any atom is 0.104 e. The zero-order valence-electron chi connectivity index (χ0n) is 8.93. The number of hydrogen-bond acceptors (Lipinski definition) is 1. The maximum atomic E-state index is 6.29. The predicted molar refractivity (Wildman–Crippen MR) is 55.1 cm³/mol. The lowest BCUT2D eigenvalue weighted by Gasteiger charge is -2.18. The fourth-order valence-corrected chi connectivity index (χ4v) is 4.81. The molecule has 2 unspecified atom stereocenters. The van der Waals surface area contributed by atoms with Gasteiger partial charge in [-0.2, -0.15) is 0 Å². The van der Waals surface area contributed by atoms with Gasteiger partial charge in [-0.25, -0.2) is 0 Å². The second-order valence-corrected chi connectivity index (χ2v) is 5.95. The van der Waals surface area contributed by atoms with E-state index in [4.69, 9.17) is 4.74 Å². The van der Waals surface area contributed by atoms with Crippen molar-refractivity contribution in [2.24, 2.45) is 11.8 Å². The first-order chi connectivity index (χ1) is 6.89. The fraction of sp³-hybridized carbons (Fsp3) is 1.00. The van der Waals surface area contributed by atoms with E-state index >= 15 is 0 Å². The number of ether oxygens (including phenoxy) is 1. The van der Waals surface area contributed by atoms with Crippen LogP contribution in [-0.4, -0.2) is 11.2 Å². The van der Waals surface area contributed by atoms with Crippen molar-refractivity contribution < 1.29 is 4.74 Å². The van der Waals surface area contributed by atoms with Gasteiger partial charge >= 0.3 is 0 Å². The normalized spacial score (nSPS) is 53.1. The Labute approximate surface area is 86.2 Å². The van der Waals surface area contributed by atoms with Gasteiger partial charge in [-0.1, -0.05) is 32.1 Å². The Kier molecular flexibility index (Phi) is 1.38. The van der Waals surface area contributed by atoms with Crippen LogP contribution in [0.15, 0.2) is 0 Å². The lowest BCUT2D eigenvalue weighted by atomic mass is 9.84. The van der Waals surface area contributed by atoms with Gasteiger partial charge in [0.2, 0.25) is 0 Å². The van der Waals surface area contributed by atoms with Crippen LogP contribution in [0.2, 0.25) is 0 Å². The summed E-state index contributed by atoms with van der Waals surface area (Å²) in [6.45, 7) is 0. The highest BCUT2D eigenvalue weighted by Gasteiger charge is 2.86. The topological polar surface area (TPSA) is 12.5 Å². The molecule has 0 aromatic rings. The molecule has 1 heteroatoms. The lowest BCUT2D eigenvalue weighted by molar-refractivity contribution is 0.230. The van der Waals surface area contributed by atoms with Gasteiger partial charge in [0.25, 0.3) is 0 Å². The molecule has 1 aliphatic heterocycles. The molecule has 0 bridgehead atoms. The minimum atomic E-state index is 0.422. The van der Waals surface area contributed by atoms with Crippen LogP contribution in [0.1, 0.15) is 57.8 Å². The van der Waals surface area contributed by atoms with E-state index in [1.165, 1.54) is 57.8 Å². The van der Waals surface area contributed by atoms with Crippen LogP contribution in [0.25, 0.3) is 0 Å². The Morgan fingerprint density at radius 1 is 0.786 bits per heavy atom. The first-order valence-electron chi connectivity index (χ1n) is 6.59. The first-order valence-corrected chi connectivity index (χ1v) is 6.59. The highest BCUT2D eigenvalue weighted by atomic mass is 16.6. The van der Waals surface area contributed by atoms with Crippen molar-refractivity contribution in [1.29, 1.82) is 0 Å². The maximum absolute atomic E-state index is 6.29. The van der Waals surface area contributed by atoms with Crippen molar-refractivity contribution in [2.75, 3.05) is 0 Å². The molecule has 2 spiro atoms. The number of rotatable bonds is 0. The molecular formula is C13H20O. The summed E-state index contributed by atoms with van der Waals surface area (Å²) in [5.74, 6) is 1.99. The largest absolute Gasteiger partial charge is 0.362 e. The molecular weight excluding hydrogens is 172 g/mol. The van der Waals surface area contributed by atoms with Crippen molar-refractivity contribution in [1.82, 2.24) is 0 Å². The second-order valence-electron chi connectivity index (χ2n) is 5.95. The zero-order chi connectivity index (χ0) is 9.23. The molecule has 78 valence electrons. The minimum absolute atomic E-state index is 0.422. The van der Waals surface area contributed by atoms with E-state index in [0.717, 1.165) is 11.8 Å². The molecule has 3 aliphatic carbocycles. The Balaban J connectivity index is 1.58. The van der Waals surface area contributed by atoms with E-state index in [9.17, 15) is 0 Å². The molecule has 0 N–H and O–H groups in total. The van der Waals surface area contributed by atoms with E-state index in [1.807, 2.05) is 0 Å². The van der Waals surface area contributed by atoms with Crippen LogP contribution in [-0.2, 0) is 4.74 Å². The van der Waals surface area contributed by atoms with Gasteiger partial charge in [-0.3, -0.25) is 0 Å². The minimum Gasteiger partial charge on any atom is -0.362 e. The van der Waals surface area contributed by atoms with E-state index in [-0.39, 0.29) is 0 Å². The van der Waals surface area contributed by atoms with Crippen molar-refractivity contribution in [2.45, 2.75) is 69.0 Å². The Hall–Kier alpha value is -0.0400. The van der Waals surface area contributed by atoms with Crippen LogP contribution in [0.5, 0.6) is 0 Å². The quantitative estimate of drug-likeness (QED) is 0.537. The number of hydrogen-bond donors (Lipinski definition) is 0. The van der Waals surface area contributed by atoms with Gasteiger partial charge in [0.15, 0.2) is 0 Å². The number of fused-ring (bicyclic) bond motifs is 4. The van der Waals surface area contributed by atoms with Gasteiger partial charge < -0.3 is 4.74 Å². The summed E-state index contributed by atoms with van der Waals surface area (Å²) in [5, 5.41) is 0. The average Bonchev–Trinajstić information content (AvgIpc) is 3.08. The Morgan fingerprint density at radius 3 is 2.07 bits per heavy atom. The molecule has 0 amide bonds. The summed E-state index contributed by atoms with van der Waals surface area (Å²) >= 11 is 0. The molecule has 0 aromatic heterocycles. The SMILES string of the molecule is C1CCC2(CC1)OC21C2CCCCC21. The molecule has 14 heavy (non-hydrogen) atoms. The molecule has 2 atom stereocenters. The highest BCUT2D eigenvalue weighted by molar-refractivity contribution is 5.34. The molecule has 4 rings (SSSR count). The fourth-order valence-electron chi connectivity index (χ4n) is 4.81. The van der Waals surface area contributed by atoms with E-state index in [1.54, 1.807) is 0 Å². The van der Waals surface area contributed by atoms with E-state index in [2.05, 4.69) is 0 Å². The number of epoxide rings is 1. The molecule has 4 fully saturated rings. The lowest BCUT2D eigenvalue weighted by Crippen LogP contribution is -2.21. The summed E-state index contributed by atoms with van der Waals surface area (Å²) in [6.07, 6.45) is 13.0. The smallest absolute Gasteiger partial charge is 0.104 e. The third kappa shape index (κ3) is 0.743. The molecule has 1 heterocycles. The summed E-state index contributed by atoms with van der Waals surface area (Å²) in [5.41, 5.74) is 0.884.